The van der Waals surface area contributed by atoms with E-state index in [9.17, 15) is 4.79 Å². The van der Waals surface area contributed by atoms with Crippen LogP contribution >= 0.6 is 0 Å². The van der Waals surface area contributed by atoms with Gasteiger partial charge in [-0.3, -0.25) is 14.7 Å². The summed E-state index contributed by atoms with van der Waals surface area (Å²) in [6.45, 7) is 5.50. The van der Waals surface area contributed by atoms with Crippen molar-refractivity contribution in [3.05, 3.63) is 24.0 Å². The van der Waals surface area contributed by atoms with Gasteiger partial charge in [0.15, 0.2) is 0 Å². The van der Waals surface area contributed by atoms with Crippen LogP contribution in [0.15, 0.2) is 18.3 Å². The van der Waals surface area contributed by atoms with E-state index in [-0.39, 0.29) is 11.9 Å². The maximum atomic E-state index is 12.3. The molecule has 2 rings (SSSR count). The largest absolute Gasteiger partial charge is 0.310 e. The van der Waals surface area contributed by atoms with Crippen LogP contribution in [0.4, 0.5) is 5.69 Å². The topological polar surface area (TPSA) is 60.2 Å². The summed E-state index contributed by atoms with van der Waals surface area (Å²) in [5.41, 5.74) is 1.77. The van der Waals surface area contributed by atoms with Crippen LogP contribution in [-0.4, -0.2) is 41.5 Å². The van der Waals surface area contributed by atoms with E-state index >= 15 is 0 Å². The molecule has 0 spiro atoms. The van der Waals surface area contributed by atoms with Gasteiger partial charge in [-0.05, 0) is 32.4 Å². The van der Waals surface area contributed by atoms with Crippen LogP contribution in [0.3, 0.4) is 0 Å². The number of amides is 1. The maximum absolute atomic E-state index is 12.3. The number of nitrogens with zero attached hydrogens (tertiary/aromatic N) is 4. The molecule has 5 nitrogen and oxygen atoms in total. The van der Waals surface area contributed by atoms with Crippen molar-refractivity contribution < 1.29 is 4.79 Å². The van der Waals surface area contributed by atoms with E-state index in [1.54, 1.807) is 11.1 Å². The van der Waals surface area contributed by atoms with Gasteiger partial charge in [-0.2, -0.15) is 5.26 Å². The highest BCUT2D eigenvalue weighted by molar-refractivity contribution is 5.94. The summed E-state index contributed by atoms with van der Waals surface area (Å²) in [7, 11) is 0. The average molecular weight is 258 g/mol. The third-order valence-electron chi connectivity index (χ3n) is 3.41. The molecule has 0 bridgehead atoms. The molecule has 0 N–H and O–H groups in total. The fourth-order valence-corrected chi connectivity index (χ4v) is 2.20. The number of hydrogen-bond donors (Lipinski definition) is 0. The molecule has 0 aromatic carbocycles. The maximum Gasteiger partial charge on any atom is 0.241 e. The molecule has 1 aliphatic rings. The molecule has 1 fully saturated rings. The Kier molecular flexibility index (Phi) is 4.13. The zero-order chi connectivity index (χ0) is 13.8. The van der Waals surface area contributed by atoms with Gasteiger partial charge in [0.25, 0.3) is 0 Å². The smallest absolute Gasteiger partial charge is 0.241 e. The zero-order valence-electron chi connectivity index (χ0n) is 11.3. The minimum Gasteiger partial charge on any atom is -0.310 e. The van der Waals surface area contributed by atoms with E-state index in [0.717, 1.165) is 24.3 Å². The van der Waals surface area contributed by atoms with Crippen molar-refractivity contribution in [2.45, 2.75) is 26.3 Å². The summed E-state index contributed by atoms with van der Waals surface area (Å²) in [4.78, 5) is 20.2. The summed E-state index contributed by atoms with van der Waals surface area (Å²) < 4.78 is 0. The Morgan fingerprint density at radius 2 is 2.21 bits per heavy atom. The van der Waals surface area contributed by atoms with Crippen molar-refractivity contribution in [1.29, 1.82) is 5.26 Å². The van der Waals surface area contributed by atoms with Crippen molar-refractivity contribution in [1.82, 2.24) is 9.88 Å². The van der Waals surface area contributed by atoms with Crippen LogP contribution in [0.2, 0.25) is 0 Å². The van der Waals surface area contributed by atoms with E-state index in [0.29, 0.717) is 13.1 Å². The van der Waals surface area contributed by atoms with Crippen LogP contribution in [0, 0.1) is 18.3 Å². The Morgan fingerprint density at radius 3 is 2.84 bits per heavy atom. The van der Waals surface area contributed by atoms with E-state index < -0.39 is 0 Å². The lowest BCUT2D eigenvalue weighted by atomic mass is 10.3. The fraction of sp³-hybridized carbons (Fsp3) is 0.500. The van der Waals surface area contributed by atoms with Crippen molar-refractivity contribution in [3.8, 4) is 6.07 Å². The van der Waals surface area contributed by atoms with Gasteiger partial charge in [0.2, 0.25) is 5.91 Å². The lowest BCUT2D eigenvalue weighted by molar-refractivity contribution is -0.119. The van der Waals surface area contributed by atoms with Gasteiger partial charge in [0.1, 0.15) is 0 Å². The first-order chi connectivity index (χ1) is 9.11. The molecule has 1 atom stereocenters. The molecule has 0 radical (unpaired) electrons. The van der Waals surface area contributed by atoms with Crippen LogP contribution in [0.5, 0.6) is 0 Å². The standard InChI is InChI=1S/C14H18N4O/c1-11-4-5-13(9-16-11)18-7-3-6-17(10-14(18)19)12(2)8-15/h4-5,9,12H,3,6-7,10H2,1-2H3. The first kappa shape index (κ1) is 13.5. The average Bonchev–Trinajstić information content (AvgIpc) is 2.61. The Balaban J connectivity index is 2.14. The highest BCUT2D eigenvalue weighted by Crippen LogP contribution is 2.17. The molecule has 19 heavy (non-hydrogen) atoms. The number of anilines is 1. The predicted octanol–water partition coefficient (Wildman–Crippen LogP) is 1.34. The Morgan fingerprint density at radius 1 is 1.42 bits per heavy atom. The molecule has 1 aromatic rings. The van der Waals surface area contributed by atoms with Crippen LogP contribution in [0.1, 0.15) is 19.0 Å². The molecule has 0 aliphatic carbocycles. The van der Waals surface area contributed by atoms with E-state index in [2.05, 4.69) is 11.1 Å². The summed E-state index contributed by atoms with van der Waals surface area (Å²) in [5, 5.41) is 8.95. The summed E-state index contributed by atoms with van der Waals surface area (Å²) in [6.07, 6.45) is 2.60. The monoisotopic (exact) mass is 258 g/mol. The number of nitriles is 1. The molecular formula is C14H18N4O. The van der Waals surface area contributed by atoms with Crippen LogP contribution in [0.25, 0.3) is 0 Å². The molecule has 5 heteroatoms. The highest BCUT2D eigenvalue weighted by atomic mass is 16.2. The number of aryl methyl sites for hydroxylation is 1. The number of pyridine rings is 1. The zero-order valence-corrected chi connectivity index (χ0v) is 11.3. The van der Waals surface area contributed by atoms with E-state index in [1.807, 2.05) is 30.9 Å². The molecule has 2 heterocycles. The minimum atomic E-state index is -0.222. The molecular weight excluding hydrogens is 240 g/mol. The summed E-state index contributed by atoms with van der Waals surface area (Å²) in [6, 6.07) is 5.79. The number of aromatic nitrogens is 1. The van der Waals surface area contributed by atoms with Gasteiger partial charge in [-0.15, -0.1) is 0 Å². The second-order valence-corrected chi connectivity index (χ2v) is 4.83. The number of rotatable bonds is 2. The number of hydrogen-bond acceptors (Lipinski definition) is 4. The van der Waals surface area contributed by atoms with E-state index in [4.69, 9.17) is 5.26 Å². The SMILES string of the molecule is Cc1ccc(N2CCCN(C(C)C#N)CC2=O)cn1. The van der Waals surface area contributed by atoms with Crippen molar-refractivity contribution in [2.24, 2.45) is 0 Å². The van der Waals surface area contributed by atoms with Crippen LogP contribution in [-0.2, 0) is 4.79 Å². The predicted molar refractivity (Wildman–Crippen MR) is 72.6 cm³/mol. The first-order valence-corrected chi connectivity index (χ1v) is 6.48. The lowest BCUT2D eigenvalue weighted by Gasteiger charge is -2.22. The first-order valence-electron chi connectivity index (χ1n) is 6.48. The highest BCUT2D eigenvalue weighted by Gasteiger charge is 2.25. The van der Waals surface area contributed by atoms with Crippen molar-refractivity contribution in [3.63, 3.8) is 0 Å². The minimum absolute atomic E-state index is 0.0326. The number of carbonyl (C=O) groups is 1. The molecule has 0 saturated carbocycles. The molecule has 100 valence electrons. The number of carbonyl (C=O) groups excluding carboxylic acids is 1. The normalized spacial score (nSPS) is 18.8. The Labute approximate surface area is 113 Å². The van der Waals surface area contributed by atoms with Gasteiger partial charge in [0, 0.05) is 18.8 Å². The third-order valence-corrected chi connectivity index (χ3v) is 3.41. The van der Waals surface area contributed by atoms with Gasteiger partial charge < -0.3 is 4.90 Å². The fourth-order valence-electron chi connectivity index (χ4n) is 2.20. The van der Waals surface area contributed by atoms with Gasteiger partial charge in [-0.1, -0.05) is 0 Å². The summed E-state index contributed by atoms with van der Waals surface area (Å²) >= 11 is 0. The van der Waals surface area contributed by atoms with Crippen molar-refractivity contribution in [2.75, 3.05) is 24.5 Å². The second kappa shape index (κ2) is 5.81. The summed E-state index contributed by atoms with van der Waals surface area (Å²) in [5.74, 6) is 0.0326. The van der Waals surface area contributed by atoms with Crippen molar-refractivity contribution >= 4 is 11.6 Å². The van der Waals surface area contributed by atoms with E-state index in [1.165, 1.54) is 0 Å². The third kappa shape index (κ3) is 3.09. The second-order valence-electron chi connectivity index (χ2n) is 4.83. The molecule has 1 aromatic heterocycles. The quantitative estimate of drug-likeness (QED) is 0.803. The lowest BCUT2D eigenvalue weighted by Crippen LogP contribution is -2.40. The van der Waals surface area contributed by atoms with Crippen LogP contribution < -0.4 is 4.90 Å². The van der Waals surface area contributed by atoms with Gasteiger partial charge in [0.05, 0.1) is 30.5 Å². The molecule has 1 unspecified atom stereocenters. The van der Waals surface area contributed by atoms with Gasteiger partial charge >= 0.3 is 0 Å². The molecule has 1 amide bonds. The van der Waals surface area contributed by atoms with Gasteiger partial charge in [-0.25, -0.2) is 0 Å². The molecule has 1 aliphatic heterocycles. The Hall–Kier alpha value is -1.93. The Bertz CT molecular complexity index is 491. The molecule has 1 saturated heterocycles.